The lowest BCUT2D eigenvalue weighted by molar-refractivity contribution is 0.379. The fraction of sp³-hybridized carbons (Fsp3) is 0.188. The average Bonchev–Trinajstić information content (AvgIpc) is 2.96. The van der Waals surface area contributed by atoms with Gasteiger partial charge in [-0.2, -0.15) is 4.98 Å². The van der Waals surface area contributed by atoms with Crippen molar-refractivity contribution in [1.82, 2.24) is 15.1 Å². The molecule has 2 N–H and O–H groups in total. The maximum absolute atomic E-state index is 5.67. The van der Waals surface area contributed by atoms with Crippen LogP contribution in [0.25, 0.3) is 11.4 Å². The van der Waals surface area contributed by atoms with Gasteiger partial charge in [-0.3, -0.25) is 4.98 Å². The number of hydrogen-bond acceptors (Lipinski definition) is 5. The van der Waals surface area contributed by atoms with Crippen LogP contribution in [0.4, 0.5) is 5.69 Å². The van der Waals surface area contributed by atoms with Crippen LogP contribution in [0.3, 0.4) is 0 Å². The van der Waals surface area contributed by atoms with E-state index in [1.165, 1.54) is 5.56 Å². The van der Waals surface area contributed by atoms with Gasteiger partial charge in [0.15, 0.2) is 0 Å². The lowest BCUT2D eigenvalue weighted by atomic mass is 10.1. The predicted molar refractivity (Wildman–Crippen MR) is 80.5 cm³/mol. The molecule has 5 heteroatoms. The van der Waals surface area contributed by atoms with Gasteiger partial charge in [-0.1, -0.05) is 17.3 Å². The van der Waals surface area contributed by atoms with Crippen molar-refractivity contribution in [3.05, 3.63) is 59.7 Å². The summed E-state index contributed by atoms with van der Waals surface area (Å²) in [5, 5.41) is 4.04. The first kappa shape index (κ1) is 13.3. The van der Waals surface area contributed by atoms with Crippen LogP contribution in [-0.2, 0) is 12.8 Å². The summed E-state index contributed by atoms with van der Waals surface area (Å²) in [6.45, 7) is 1.98. The average molecular weight is 280 g/mol. The fourth-order valence-electron chi connectivity index (χ4n) is 2.13. The minimum Gasteiger partial charge on any atom is -0.399 e. The summed E-state index contributed by atoms with van der Waals surface area (Å²) in [6, 6.07) is 9.72. The number of nitrogen functional groups attached to an aromatic ring is 1. The van der Waals surface area contributed by atoms with Crippen LogP contribution >= 0.6 is 0 Å². The number of hydrogen-bond donors (Lipinski definition) is 1. The fourth-order valence-corrected chi connectivity index (χ4v) is 2.13. The quantitative estimate of drug-likeness (QED) is 0.743. The molecule has 0 atom stereocenters. The van der Waals surface area contributed by atoms with Crippen LogP contribution in [0.2, 0.25) is 0 Å². The molecule has 3 aromatic rings. The van der Waals surface area contributed by atoms with Crippen LogP contribution in [0, 0.1) is 6.92 Å². The molecule has 2 aromatic heterocycles. The van der Waals surface area contributed by atoms with Crippen molar-refractivity contribution in [2.75, 3.05) is 5.73 Å². The van der Waals surface area contributed by atoms with Gasteiger partial charge in [0.05, 0.1) is 0 Å². The minimum atomic E-state index is 0.613. The maximum atomic E-state index is 5.67. The van der Waals surface area contributed by atoms with Gasteiger partial charge in [0.2, 0.25) is 11.7 Å². The standard InChI is InChI=1S/C16H16N4O/c1-11-10-18-9-8-14(11)16-19-15(21-20-16)7-4-12-2-5-13(17)6-3-12/h2-3,5-6,8-10H,4,7,17H2,1H3. The zero-order chi connectivity index (χ0) is 14.7. The van der Waals surface area contributed by atoms with Gasteiger partial charge < -0.3 is 10.3 Å². The summed E-state index contributed by atoms with van der Waals surface area (Å²) in [4.78, 5) is 8.51. The van der Waals surface area contributed by atoms with E-state index >= 15 is 0 Å². The van der Waals surface area contributed by atoms with E-state index < -0.39 is 0 Å². The largest absolute Gasteiger partial charge is 0.399 e. The summed E-state index contributed by atoms with van der Waals surface area (Å²) in [5.74, 6) is 1.25. The zero-order valence-corrected chi connectivity index (χ0v) is 11.8. The maximum Gasteiger partial charge on any atom is 0.227 e. The summed E-state index contributed by atoms with van der Waals surface area (Å²) in [5.41, 5.74) is 9.62. The van der Waals surface area contributed by atoms with Gasteiger partial charge in [0.25, 0.3) is 0 Å². The number of rotatable bonds is 4. The number of nitrogens with two attached hydrogens (primary N) is 1. The molecule has 0 unspecified atom stereocenters. The van der Waals surface area contributed by atoms with Gasteiger partial charge in [-0.25, -0.2) is 0 Å². The minimum absolute atomic E-state index is 0.613. The first-order valence-corrected chi connectivity index (χ1v) is 6.80. The number of nitrogens with zero attached hydrogens (tertiary/aromatic N) is 3. The van der Waals surface area contributed by atoms with E-state index in [1.807, 2.05) is 37.3 Å². The SMILES string of the molecule is Cc1cnccc1-c1noc(CCc2ccc(N)cc2)n1. The second kappa shape index (κ2) is 5.75. The normalized spacial score (nSPS) is 10.7. The topological polar surface area (TPSA) is 77.8 Å². The van der Waals surface area contributed by atoms with Gasteiger partial charge >= 0.3 is 0 Å². The molecule has 2 heterocycles. The Morgan fingerprint density at radius 2 is 1.90 bits per heavy atom. The molecule has 0 spiro atoms. The number of benzene rings is 1. The molecule has 0 radical (unpaired) electrons. The Labute approximate surface area is 122 Å². The van der Waals surface area contributed by atoms with Crippen molar-refractivity contribution in [3.8, 4) is 11.4 Å². The Bertz CT molecular complexity index is 734. The monoisotopic (exact) mass is 280 g/mol. The van der Waals surface area contributed by atoms with E-state index in [4.69, 9.17) is 10.3 Å². The third-order valence-corrected chi connectivity index (χ3v) is 3.34. The lowest BCUT2D eigenvalue weighted by Crippen LogP contribution is -1.93. The molecule has 5 nitrogen and oxygen atoms in total. The second-order valence-corrected chi connectivity index (χ2v) is 4.94. The summed E-state index contributed by atoms with van der Waals surface area (Å²) in [6.07, 6.45) is 5.07. The third-order valence-electron chi connectivity index (χ3n) is 3.34. The Hall–Kier alpha value is -2.69. The van der Waals surface area contributed by atoms with E-state index in [9.17, 15) is 0 Å². The van der Waals surface area contributed by atoms with Crippen molar-refractivity contribution >= 4 is 5.69 Å². The Morgan fingerprint density at radius 1 is 1.10 bits per heavy atom. The number of anilines is 1. The van der Waals surface area contributed by atoms with E-state index in [0.29, 0.717) is 18.1 Å². The van der Waals surface area contributed by atoms with Gasteiger partial charge in [-0.15, -0.1) is 0 Å². The van der Waals surface area contributed by atoms with Crippen LogP contribution in [0.15, 0.2) is 47.2 Å². The highest BCUT2D eigenvalue weighted by Crippen LogP contribution is 2.19. The first-order chi connectivity index (χ1) is 10.2. The van der Waals surface area contributed by atoms with E-state index in [2.05, 4.69) is 15.1 Å². The van der Waals surface area contributed by atoms with Crippen molar-refractivity contribution < 1.29 is 4.52 Å². The smallest absolute Gasteiger partial charge is 0.227 e. The van der Waals surface area contributed by atoms with Gasteiger partial charge in [0.1, 0.15) is 0 Å². The number of aryl methyl sites for hydroxylation is 3. The van der Waals surface area contributed by atoms with Crippen LogP contribution < -0.4 is 5.73 Å². The molecule has 0 bridgehead atoms. The van der Waals surface area contributed by atoms with Crippen molar-refractivity contribution in [3.63, 3.8) is 0 Å². The second-order valence-electron chi connectivity index (χ2n) is 4.94. The molecule has 0 saturated carbocycles. The van der Waals surface area contributed by atoms with Gasteiger partial charge in [0, 0.05) is 30.1 Å². The zero-order valence-electron chi connectivity index (χ0n) is 11.8. The molecule has 3 rings (SSSR count). The van der Waals surface area contributed by atoms with E-state index in [-0.39, 0.29) is 0 Å². The molecule has 0 amide bonds. The number of pyridine rings is 1. The predicted octanol–water partition coefficient (Wildman–Crippen LogP) is 2.81. The van der Waals surface area contributed by atoms with Crippen molar-refractivity contribution in [2.45, 2.75) is 19.8 Å². The highest BCUT2D eigenvalue weighted by atomic mass is 16.5. The van der Waals surface area contributed by atoms with Crippen LogP contribution in [0.5, 0.6) is 0 Å². The van der Waals surface area contributed by atoms with Crippen molar-refractivity contribution in [1.29, 1.82) is 0 Å². The first-order valence-electron chi connectivity index (χ1n) is 6.80. The Kier molecular flexibility index (Phi) is 3.64. The highest BCUT2D eigenvalue weighted by molar-refractivity contribution is 5.57. The lowest BCUT2D eigenvalue weighted by Gasteiger charge is -1.99. The van der Waals surface area contributed by atoms with E-state index in [1.54, 1.807) is 12.4 Å². The highest BCUT2D eigenvalue weighted by Gasteiger charge is 2.10. The summed E-state index contributed by atoms with van der Waals surface area (Å²) >= 11 is 0. The molecular formula is C16H16N4O. The molecule has 0 aliphatic carbocycles. The molecule has 0 fully saturated rings. The van der Waals surface area contributed by atoms with Crippen LogP contribution in [0.1, 0.15) is 17.0 Å². The molecule has 21 heavy (non-hydrogen) atoms. The molecule has 106 valence electrons. The Balaban J connectivity index is 1.71. The van der Waals surface area contributed by atoms with Crippen molar-refractivity contribution in [2.24, 2.45) is 0 Å². The molecule has 0 aliphatic rings. The molecular weight excluding hydrogens is 264 g/mol. The Morgan fingerprint density at radius 3 is 2.67 bits per heavy atom. The van der Waals surface area contributed by atoms with Gasteiger partial charge in [-0.05, 0) is 42.7 Å². The van der Waals surface area contributed by atoms with Crippen LogP contribution in [-0.4, -0.2) is 15.1 Å². The summed E-state index contributed by atoms with van der Waals surface area (Å²) < 4.78 is 5.31. The van der Waals surface area contributed by atoms with E-state index in [0.717, 1.165) is 23.2 Å². The third kappa shape index (κ3) is 3.08. The number of aromatic nitrogens is 3. The molecule has 1 aromatic carbocycles. The molecule has 0 aliphatic heterocycles. The summed E-state index contributed by atoms with van der Waals surface area (Å²) in [7, 11) is 0. The molecule has 0 saturated heterocycles.